The molecule has 140 valence electrons. The summed E-state index contributed by atoms with van der Waals surface area (Å²) >= 11 is 0. The predicted octanol–water partition coefficient (Wildman–Crippen LogP) is 4.20. The van der Waals surface area contributed by atoms with E-state index < -0.39 is 0 Å². The van der Waals surface area contributed by atoms with Gasteiger partial charge in [-0.1, -0.05) is 25.0 Å². The Kier molecular flexibility index (Phi) is 3.76. The fourth-order valence-corrected chi connectivity index (χ4v) is 4.38. The Hall–Kier alpha value is -3.15. The van der Waals surface area contributed by atoms with Gasteiger partial charge in [0.2, 0.25) is 5.71 Å². The summed E-state index contributed by atoms with van der Waals surface area (Å²) in [6, 6.07) is 14.7. The second-order valence-corrected chi connectivity index (χ2v) is 7.54. The van der Waals surface area contributed by atoms with E-state index in [0.717, 1.165) is 28.3 Å². The van der Waals surface area contributed by atoms with Crippen LogP contribution in [0, 0.1) is 6.92 Å². The van der Waals surface area contributed by atoms with E-state index in [9.17, 15) is 0 Å². The van der Waals surface area contributed by atoms with E-state index in [1.807, 2.05) is 13.0 Å². The van der Waals surface area contributed by atoms with Crippen molar-refractivity contribution in [1.29, 1.82) is 0 Å². The van der Waals surface area contributed by atoms with Crippen LogP contribution in [-0.2, 0) is 0 Å². The first-order valence-electron chi connectivity index (χ1n) is 9.72. The molecule has 0 N–H and O–H groups in total. The Labute approximate surface area is 165 Å². The lowest BCUT2D eigenvalue weighted by atomic mass is 9.55. The molecule has 6 heteroatoms. The molecule has 0 saturated carbocycles. The average molecular weight is 370 g/mol. The van der Waals surface area contributed by atoms with Gasteiger partial charge in [-0.25, -0.2) is 4.98 Å². The fourth-order valence-electron chi connectivity index (χ4n) is 4.38. The van der Waals surface area contributed by atoms with Gasteiger partial charge in [0.05, 0.1) is 0 Å². The number of pyridine rings is 1. The Morgan fingerprint density at radius 2 is 1.82 bits per heavy atom. The molecule has 2 aliphatic heterocycles. The SMILES string of the molecule is CB1c2c(oc3nc(C)ccc23)C=C(C)N1N1C=CN(c2ccccc2)[C@@H]1C. The highest BCUT2D eigenvalue weighted by Crippen LogP contribution is 2.31. The maximum absolute atomic E-state index is 6.08. The summed E-state index contributed by atoms with van der Waals surface area (Å²) in [5.74, 6) is 0.921. The van der Waals surface area contributed by atoms with Crippen molar-refractivity contribution in [3.05, 3.63) is 72.0 Å². The lowest BCUT2D eigenvalue weighted by molar-refractivity contribution is 0.122. The van der Waals surface area contributed by atoms with Gasteiger partial charge >= 0.3 is 6.85 Å². The van der Waals surface area contributed by atoms with Crippen molar-refractivity contribution >= 4 is 35.2 Å². The van der Waals surface area contributed by atoms with E-state index in [-0.39, 0.29) is 13.0 Å². The summed E-state index contributed by atoms with van der Waals surface area (Å²) in [5.41, 5.74) is 5.24. The Morgan fingerprint density at radius 1 is 1.04 bits per heavy atom. The first-order chi connectivity index (χ1) is 13.5. The molecule has 3 aromatic rings. The summed E-state index contributed by atoms with van der Waals surface area (Å²) in [5, 5.41) is 3.39. The molecule has 28 heavy (non-hydrogen) atoms. The molecule has 0 aliphatic carbocycles. The Balaban J connectivity index is 1.52. The molecule has 4 heterocycles. The van der Waals surface area contributed by atoms with Gasteiger partial charge in [0, 0.05) is 40.3 Å². The lowest BCUT2D eigenvalue weighted by Crippen LogP contribution is -2.57. The number of nitrogens with zero attached hydrogens (tertiary/aromatic N) is 4. The summed E-state index contributed by atoms with van der Waals surface area (Å²) in [6.07, 6.45) is 6.60. The molecule has 0 amide bonds. The quantitative estimate of drug-likeness (QED) is 0.632. The second kappa shape index (κ2) is 6.19. The normalized spacial score (nSPS) is 18.9. The Bertz CT molecular complexity index is 1100. The van der Waals surface area contributed by atoms with Gasteiger partial charge in [-0.05, 0) is 51.1 Å². The molecule has 1 atom stereocenters. The number of furan rings is 1. The van der Waals surface area contributed by atoms with E-state index >= 15 is 0 Å². The molecule has 5 nitrogen and oxygen atoms in total. The van der Waals surface area contributed by atoms with Crippen LogP contribution >= 0.6 is 0 Å². The molecule has 0 fully saturated rings. The topological polar surface area (TPSA) is 35.8 Å². The van der Waals surface area contributed by atoms with Crippen LogP contribution in [0.2, 0.25) is 6.82 Å². The van der Waals surface area contributed by atoms with Gasteiger partial charge in [-0.3, -0.25) is 5.01 Å². The highest BCUT2D eigenvalue weighted by atomic mass is 16.3. The third-order valence-electron chi connectivity index (χ3n) is 5.72. The zero-order valence-electron chi connectivity index (χ0n) is 16.6. The van der Waals surface area contributed by atoms with Crippen LogP contribution in [-0.4, -0.2) is 27.9 Å². The van der Waals surface area contributed by atoms with E-state index in [2.05, 4.69) is 95.4 Å². The molecular weight excluding hydrogens is 347 g/mol. The molecule has 2 aliphatic rings. The third-order valence-corrected chi connectivity index (χ3v) is 5.72. The van der Waals surface area contributed by atoms with E-state index in [1.165, 1.54) is 11.2 Å². The van der Waals surface area contributed by atoms with Crippen molar-refractivity contribution in [2.75, 3.05) is 4.90 Å². The third kappa shape index (κ3) is 2.44. The molecule has 2 aromatic heterocycles. The van der Waals surface area contributed by atoms with Crippen LogP contribution < -0.4 is 10.4 Å². The highest BCUT2D eigenvalue weighted by Gasteiger charge is 2.38. The van der Waals surface area contributed by atoms with Gasteiger partial charge < -0.3 is 14.2 Å². The zero-order chi connectivity index (χ0) is 19.4. The largest absolute Gasteiger partial charge is 0.439 e. The Morgan fingerprint density at radius 3 is 2.61 bits per heavy atom. The molecule has 1 aromatic carbocycles. The number of benzene rings is 1. The van der Waals surface area contributed by atoms with E-state index in [4.69, 9.17) is 4.42 Å². The van der Waals surface area contributed by atoms with Crippen LogP contribution in [0.5, 0.6) is 0 Å². The van der Waals surface area contributed by atoms with Crippen LogP contribution in [0.3, 0.4) is 0 Å². The van der Waals surface area contributed by atoms with Gasteiger partial charge in [0.25, 0.3) is 0 Å². The van der Waals surface area contributed by atoms with Crippen LogP contribution in [0.4, 0.5) is 5.69 Å². The number of para-hydroxylation sites is 1. The number of hydrogen-bond acceptors (Lipinski definition) is 5. The predicted molar refractivity (Wildman–Crippen MR) is 115 cm³/mol. The average Bonchev–Trinajstić information content (AvgIpc) is 3.22. The van der Waals surface area contributed by atoms with Crippen molar-refractivity contribution in [2.45, 2.75) is 33.8 Å². The maximum atomic E-state index is 6.08. The number of aryl methyl sites for hydroxylation is 1. The van der Waals surface area contributed by atoms with Crippen molar-refractivity contribution in [2.24, 2.45) is 0 Å². The first kappa shape index (κ1) is 17.0. The number of hydrazine groups is 1. The van der Waals surface area contributed by atoms with Gasteiger partial charge in [0.1, 0.15) is 11.9 Å². The number of allylic oxidation sites excluding steroid dienone is 1. The minimum Gasteiger partial charge on any atom is -0.439 e. The standard InChI is InChI=1S/C22H23BN4O/c1-15-10-11-19-21-20(28-22(19)24-15)14-16(2)27(23(21)4)26-13-12-25(17(26)3)18-8-6-5-7-9-18/h5-14,17H,1-4H3/t17-/m0/s1. The van der Waals surface area contributed by atoms with Gasteiger partial charge in [0.15, 0.2) is 0 Å². The van der Waals surface area contributed by atoms with Crippen LogP contribution in [0.25, 0.3) is 17.2 Å². The highest BCUT2D eigenvalue weighted by molar-refractivity contribution is 6.73. The van der Waals surface area contributed by atoms with Gasteiger partial charge in [-0.2, -0.15) is 0 Å². The molecule has 0 unspecified atom stereocenters. The molecule has 0 saturated heterocycles. The number of aromatic nitrogens is 1. The number of fused-ring (bicyclic) bond motifs is 3. The van der Waals surface area contributed by atoms with Crippen molar-refractivity contribution in [1.82, 2.24) is 14.9 Å². The molecule has 5 rings (SSSR count). The second-order valence-electron chi connectivity index (χ2n) is 7.54. The van der Waals surface area contributed by atoms with Crippen molar-refractivity contribution < 1.29 is 4.42 Å². The monoisotopic (exact) mass is 370 g/mol. The van der Waals surface area contributed by atoms with Crippen molar-refractivity contribution in [3.8, 4) is 0 Å². The zero-order valence-corrected chi connectivity index (χ0v) is 16.6. The molecule has 0 bridgehead atoms. The maximum Gasteiger partial charge on any atom is 0.315 e. The fraction of sp³-hybridized carbons (Fsp3) is 0.227. The lowest BCUT2D eigenvalue weighted by Gasteiger charge is -2.44. The number of hydrogen-bond donors (Lipinski definition) is 0. The van der Waals surface area contributed by atoms with Crippen LogP contribution in [0.15, 0.2) is 65.0 Å². The first-order valence-corrected chi connectivity index (χ1v) is 9.72. The van der Waals surface area contributed by atoms with E-state index in [1.54, 1.807) is 0 Å². The summed E-state index contributed by atoms with van der Waals surface area (Å²) in [6.45, 7) is 8.73. The minimum atomic E-state index is 0.147. The van der Waals surface area contributed by atoms with Crippen molar-refractivity contribution in [3.63, 3.8) is 0 Å². The number of rotatable bonds is 2. The van der Waals surface area contributed by atoms with Gasteiger partial charge in [-0.15, -0.1) is 0 Å². The van der Waals surface area contributed by atoms with Crippen LogP contribution in [0.1, 0.15) is 25.3 Å². The number of anilines is 1. The van der Waals surface area contributed by atoms with E-state index in [0.29, 0.717) is 0 Å². The summed E-state index contributed by atoms with van der Waals surface area (Å²) in [4.78, 5) is 9.21. The molecular formula is C22H23BN4O. The summed E-state index contributed by atoms with van der Waals surface area (Å²) < 4.78 is 6.08. The smallest absolute Gasteiger partial charge is 0.315 e. The minimum absolute atomic E-state index is 0.147. The molecule has 0 spiro atoms. The molecule has 0 radical (unpaired) electrons. The summed E-state index contributed by atoms with van der Waals surface area (Å²) in [7, 11) is 0.